The van der Waals surface area contributed by atoms with Gasteiger partial charge in [0.25, 0.3) is 5.56 Å². The molecule has 1 aliphatic heterocycles. The van der Waals surface area contributed by atoms with Gasteiger partial charge in [-0.15, -0.1) is 0 Å². The number of aryl methyl sites for hydroxylation is 1. The Morgan fingerprint density at radius 1 is 1.30 bits per heavy atom. The summed E-state index contributed by atoms with van der Waals surface area (Å²) in [6.45, 7) is 0.886. The van der Waals surface area contributed by atoms with Gasteiger partial charge in [-0.2, -0.15) is 4.98 Å². The maximum absolute atomic E-state index is 12.8. The van der Waals surface area contributed by atoms with Crippen molar-refractivity contribution in [2.45, 2.75) is 31.8 Å². The molecular weight excluding hydrogens is 595 g/mol. The number of aromatic amines is 1. The number of hydrogen-bond donors (Lipinski definition) is 6. The first-order chi connectivity index (χ1) is 21.0. The molecule has 4 heterocycles. The number of aliphatic hydroxyl groups excluding tert-OH is 1. The van der Waals surface area contributed by atoms with Gasteiger partial charge in [-0.05, 0) is 25.1 Å². The van der Waals surface area contributed by atoms with E-state index in [1.807, 2.05) is 6.07 Å². The van der Waals surface area contributed by atoms with Crippen molar-refractivity contribution in [3.05, 3.63) is 64.1 Å². The number of anilines is 3. The van der Waals surface area contributed by atoms with Crippen LogP contribution in [0.25, 0.3) is 11.0 Å². The summed E-state index contributed by atoms with van der Waals surface area (Å²) in [5, 5.41) is 16.7. The number of H-pyrrole nitrogens is 1. The highest BCUT2D eigenvalue weighted by Crippen LogP contribution is 2.45. The summed E-state index contributed by atoms with van der Waals surface area (Å²) in [7, 11) is -0.814. The number of hydrogen-bond acceptors (Lipinski definition) is 12. The zero-order valence-electron chi connectivity index (χ0n) is 24.0. The van der Waals surface area contributed by atoms with Crippen molar-refractivity contribution >= 4 is 42.1 Å². The minimum atomic E-state index is -4.28. The molecule has 5 rings (SSSR count). The monoisotopic (exact) mass is 626 g/mol. The van der Waals surface area contributed by atoms with Crippen LogP contribution in [0.2, 0.25) is 0 Å². The number of ether oxygens (including phenoxy) is 2. The lowest BCUT2D eigenvalue weighted by Gasteiger charge is -2.19. The molecule has 1 fully saturated rings. The lowest BCUT2D eigenvalue weighted by molar-refractivity contribution is -0.0398. The van der Waals surface area contributed by atoms with Crippen LogP contribution in [0.4, 0.5) is 17.3 Å². The molecule has 0 radical (unpaired) electrons. The van der Waals surface area contributed by atoms with Crippen molar-refractivity contribution in [1.29, 1.82) is 0 Å². The number of esters is 1. The van der Waals surface area contributed by atoms with Gasteiger partial charge in [-0.3, -0.25) is 14.3 Å². The number of rotatable bonds is 9. The molecule has 0 bridgehead atoms. The number of nitrogen functional groups attached to an aromatic ring is 1. The highest BCUT2D eigenvalue weighted by molar-refractivity contribution is 7.51. The molecule has 1 saturated heterocycles. The van der Waals surface area contributed by atoms with Crippen LogP contribution >= 0.6 is 7.75 Å². The Balaban J connectivity index is 1.33. The molecule has 2 unspecified atom stereocenters. The van der Waals surface area contributed by atoms with Crippen molar-refractivity contribution in [2.24, 2.45) is 0 Å². The van der Waals surface area contributed by atoms with Gasteiger partial charge in [0.05, 0.1) is 29.2 Å². The van der Waals surface area contributed by atoms with Gasteiger partial charge in [0, 0.05) is 50.5 Å². The molecule has 44 heavy (non-hydrogen) atoms. The average molecular weight is 627 g/mol. The zero-order valence-corrected chi connectivity index (χ0v) is 24.9. The second-order valence-corrected chi connectivity index (χ2v) is 11.5. The molecule has 17 heteroatoms. The van der Waals surface area contributed by atoms with Gasteiger partial charge in [-0.25, -0.2) is 18.7 Å². The Hall–Kier alpha value is -4.65. The SMILES string of the molecule is CNc1cc(NC)cc(C(=O)OCC#Cc2cn([C@H]3CC(O)[C@@H](COP(=O)(O)n4ccnc4C)O3)c3nc(N)[nH]c(=O)c23)c1. The molecule has 4 aromatic rings. The molecule has 0 aliphatic carbocycles. The first-order valence-electron chi connectivity index (χ1n) is 13.4. The summed E-state index contributed by atoms with van der Waals surface area (Å²) in [6, 6.07) is 5.12. The zero-order chi connectivity index (χ0) is 31.6. The van der Waals surface area contributed by atoms with Gasteiger partial charge in [0.1, 0.15) is 18.2 Å². The first-order valence-corrected chi connectivity index (χ1v) is 14.9. The van der Waals surface area contributed by atoms with E-state index in [1.165, 1.54) is 23.2 Å². The fourth-order valence-corrected chi connectivity index (χ4v) is 5.86. The summed E-state index contributed by atoms with van der Waals surface area (Å²) >= 11 is 0. The van der Waals surface area contributed by atoms with E-state index in [2.05, 4.69) is 37.4 Å². The van der Waals surface area contributed by atoms with Crippen molar-refractivity contribution in [1.82, 2.24) is 23.9 Å². The third-order valence-corrected chi connectivity index (χ3v) is 8.39. The fourth-order valence-electron chi connectivity index (χ4n) is 4.74. The molecule has 0 spiro atoms. The van der Waals surface area contributed by atoms with E-state index in [9.17, 15) is 24.2 Å². The Bertz CT molecular complexity index is 1850. The van der Waals surface area contributed by atoms with Crippen LogP contribution in [0.5, 0.6) is 0 Å². The van der Waals surface area contributed by atoms with Gasteiger partial charge >= 0.3 is 13.7 Å². The standard InChI is InChI=1S/C27H31N8O8P/c1-15-31-6-7-35(15)44(39,40)42-14-21-20(36)12-22(43-21)34-13-16(23-24(34)32-27(28)33-25(23)37)5-4-8-41-26(38)17-9-18(29-2)11-19(10-17)30-3/h6-7,9-11,13,20-22,29-30,36H,8,12,14H2,1-3H3,(H,39,40)(H3,28,32,33,37)/t20?,21-,22-/m1/s1. The van der Waals surface area contributed by atoms with Gasteiger partial charge in [0.2, 0.25) is 5.95 Å². The minimum Gasteiger partial charge on any atom is -0.449 e. The Morgan fingerprint density at radius 2 is 2.02 bits per heavy atom. The smallest absolute Gasteiger partial charge is 0.437 e. The van der Waals surface area contributed by atoms with E-state index in [0.717, 1.165) is 15.7 Å². The van der Waals surface area contributed by atoms with E-state index in [4.69, 9.17) is 19.7 Å². The molecule has 0 saturated carbocycles. The van der Waals surface area contributed by atoms with Crippen molar-refractivity contribution in [2.75, 3.05) is 43.7 Å². The summed E-state index contributed by atoms with van der Waals surface area (Å²) in [4.78, 5) is 46.4. The predicted molar refractivity (Wildman–Crippen MR) is 160 cm³/mol. The van der Waals surface area contributed by atoms with Crippen LogP contribution in [0.1, 0.15) is 34.4 Å². The first kappa shape index (κ1) is 30.8. The highest BCUT2D eigenvalue weighted by atomic mass is 31.2. The molecule has 1 aromatic carbocycles. The molecule has 7 N–H and O–H groups in total. The summed E-state index contributed by atoms with van der Waals surface area (Å²) < 4.78 is 31.7. The van der Waals surface area contributed by atoms with Gasteiger partial charge in [-0.1, -0.05) is 11.8 Å². The van der Waals surface area contributed by atoms with Gasteiger partial charge < -0.3 is 40.4 Å². The van der Waals surface area contributed by atoms with Crippen molar-refractivity contribution in [3.63, 3.8) is 0 Å². The molecule has 3 aromatic heterocycles. The van der Waals surface area contributed by atoms with E-state index in [-0.39, 0.29) is 41.4 Å². The van der Waals surface area contributed by atoms with E-state index in [1.54, 1.807) is 33.2 Å². The quantitative estimate of drug-likeness (QED) is 0.0880. The molecule has 4 atom stereocenters. The summed E-state index contributed by atoms with van der Waals surface area (Å²) in [5.74, 6) is 5.14. The fraction of sp³-hybridized carbons (Fsp3) is 0.333. The maximum atomic E-state index is 12.8. The number of aromatic nitrogens is 5. The summed E-state index contributed by atoms with van der Waals surface area (Å²) in [6.07, 6.45) is 1.37. The van der Waals surface area contributed by atoms with Crippen molar-refractivity contribution < 1.29 is 33.4 Å². The number of nitrogens with two attached hydrogens (primary N) is 1. The Morgan fingerprint density at radius 3 is 2.68 bits per heavy atom. The van der Waals surface area contributed by atoms with Gasteiger partial charge in [0.15, 0.2) is 12.3 Å². The lowest BCUT2D eigenvalue weighted by atomic mass is 10.1. The van der Waals surface area contributed by atoms with E-state index in [0.29, 0.717) is 5.56 Å². The van der Waals surface area contributed by atoms with Crippen LogP contribution < -0.4 is 21.9 Å². The van der Waals surface area contributed by atoms with Crippen molar-refractivity contribution in [3.8, 4) is 11.8 Å². The number of fused-ring (bicyclic) bond motifs is 1. The number of aliphatic hydroxyl groups is 1. The second-order valence-electron chi connectivity index (χ2n) is 9.81. The molecule has 16 nitrogen and oxygen atoms in total. The molecule has 232 valence electrons. The Labute approximate surface area is 250 Å². The lowest BCUT2D eigenvalue weighted by Crippen LogP contribution is -2.26. The normalized spacial score (nSPS) is 19.2. The largest absolute Gasteiger partial charge is 0.449 e. The topological polar surface area (TPSA) is 221 Å². The number of imidazole rings is 1. The number of carbonyl (C=O) groups is 1. The highest BCUT2D eigenvalue weighted by Gasteiger charge is 2.38. The summed E-state index contributed by atoms with van der Waals surface area (Å²) in [5.41, 5.74) is 7.43. The maximum Gasteiger partial charge on any atom is 0.437 e. The van der Waals surface area contributed by atoms with E-state index < -0.39 is 44.3 Å². The van der Waals surface area contributed by atoms with Crippen LogP contribution in [0.15, 0.2) is 41.6 Å². The van der Waals surface area contributed by atoms with Crippen LogP contribution in [-0.4, -0.2) is 79.3 Å². The van der Waals surface area contributed by atoms with Crippen LogP contribution in [0.3, 0.4) is 0 Å². The van der Waals surface area contributed by atoms with Crippen LogP contribution in [0, 0.1) is 18.8 Å². The van der Waals surface area contributed by atoms with Crippen LogP contribution in [-0.2, 0) is 18.6 Å². The molecular formula is C27H31N8O8P. The average Bonchev–Trinajstić information content (AvgIpc) is 3.70. The third-order valence-electron chi connectivity index (χ3n) is 6.94. The van der Waals surface area contributed by atoms with E-state index >= 15 is 0 Å². The molecule has 1 aliphatic rings. The second kappa shape index (κ2) is 12.5. The molecule has 0 amide bonds. The minimum absolute atomic E-state index is 0.0524. The predicted octanol–water partition coefficient (Wildman–Crippen LogP) is 1.42. The number of nitrogens with zero attached hydrogens (tertiary/aromatic N) is 4. The third kappa shape index (κ3) is 6.32. The Kier molecular flexibility index (Phi) is 8.77. The number of nitrogens with one attached hydrogen (secondary N) is 3. The number of carbonyl (C=O) groups excluding carboxylic acids is 1. The number of benzene rings is 1.